The quantitative estimate of drug-likeness (QED) is 0.0321. The molecule has 3 N–H and O–H groups in total. The second kappa shape index (κ2) is 60.4. The van der Waals surface area contributed by atoms with Crippen molar-refractivity contribution in [2.24, 2.45) is 0 Å². The number of aliphatic hydroxyl groups is 2. The maximum atomic E-state index is 12.4. The second-order valence-corrected chi connectivity index (χ2v) is 21.4. The lowest BCUT2D eigenvalue weighted by atomic mass is 10.0. The van der Waals surface area contributed by atoms with Crippen LogP contribution >= 0.6 is 0 Å². The van der Waals surface area contributed by atoms with Crippen LogP contribution in [0.3, 0.4) is 0 Å². The first kappa shape index (κ1) is 68.8. The summed E-state index contributed by atoms with van der Waals surface area (Å²) in [7, 11) is 0. The van der Waals surface area contributed by atoms with Crippen LogP contribution in [0.15, 0.2) is 48.6 Å². The van der Waals surface area contributed by atoms with Crippen molar-refractivity contribution in [2.45, 2.75) is 341 Å². The molecule has 0 radical (unpaired) electrons. The highest BCUT2D eigenvalue weighted by molar-refractivity contribution is 5.76. The average Bonchev–Trinajstić information content (AvgIpc) is 3.37. The molecule has 2 unspecified atom stereocenters. The van der Waals surface area contributed by atoms with E-state index in [1.807, 2.05) is 6.08 Å². The maximum absolute atomic E-state index is 12.4. The first-order valence-corrected chi connectivity index (χ1v) is 31.4. The third kappa shape index (κ3) is 57.0. The Morgan fingerprint density at radius 3 is 1.11 bits per heavy atom. The predicted octanol–water partition coefficient (Wildman–Crippen LogP) is 19.7. The lowest BCUT2D eigenvalue weighted by molar-refractivity contribution is -0.143. The number of esters is 1. The number of ether oxygens (including phenoxy) is 1. The van der Waals surface area contributed by atoms with Crippen molar-refractivity contribution in [1.29, 1.82) is 0 Å². The van der Waals surface area contributed by atoms with E-state index in [1.165, 1.54) is 250 Å². The van der Waals surface area contributed by atoms with E-state index in [0.29, 0.717) is 19.4 Å². The smallest absolute Gasteiger partial charge is 0.305 e. The third-order valence-electron chi connectivity index (χ3n) is 14.3. The summed E-state index contributed by atoms with van der Waals surface area (Å²) in [6.45, 7) is 4.88. The van der Waals surface area contributed by atoms with Gasteiger partial charge in [-0.2, -0.15) is 0 Å². The van der Waals surface area contributed by atoms with Gasteiger partial charge in [-0.15, -0.1) is 0 Å². The molecule has 0 aliphatic heterocycles. The molecule has 0 aromatic heterocycles. The summed E-state index contributed by atoms with van der Waals surface area (Å²) in [5, 5.41) is 23.1. The van der Waals surface area contributed by atoms with Gasteiger partial charge < -0.3 is 20.3 Å². The number of carbonyl (C=O) groups is 2. The molecule has 0 aromatic carbocycles. The van der Waals surface area contributed by atoms with E-state index in [0.717, 1.165) is 51.4 Å². The van der Waals surface area contributed by atoms with Crippen molar-refractivity contribution in [3.05, 3.63) is 48.6 Å². The van der Waals surface area contributed by atoms with Gasteiger partial charge in [0.05, 0.1) is 25.4 Å². The summed E-state index contributed by atoms with van der Waals surface area (Å²) < 4.78 is 5.46. The summed E-state index contributed by atoms with van der Waals surface area (Å²) in [6, 6.07) is -0.628. The Balaban J connectivity index is 3.42. The monoisotopic (exact) mass is 996 g/mol. The summed E-state index contributed by atoms with van der Waals surface area (Å²) in [5.41, 5.74) is 0. The molecule has 416 valence electrons. The van der Waals surface area contributed by atoms with Crippen LogP contribution in [0.4, 0.5) is 0 Å². The minimum Gasteiger partial charge on any atom is -0.466 e. The molecule has 0 fully saturated rings. The van der Waals surface area contributed by atoms with E-state index in [4.69, 9.17) is 4.74 Å². The minimum absolute atomic E-state index is 0.00114. The van der Waals surface area contributed by atoms with Gasteiger partial charge in [0.1, 0.15) is 0 Å². The first-order valence-electron chi connectivity index (χ1n) is 31.4. The SMILES string of the molecule is CCCCC/C=C\CCCCCCCC(=O)OCCCCCCCCCCC/C=C\C/C=C\CCCCCCCCCCCCCCCC(=O)NC(CO)C(O)/C=C/CCCCCCCCCCCCC. The number of allylic oxidation sites excluding steroid dienone is 7. The summed E-state index contributed by atoms with van der Waals surface area (Å²) in [4.78, 5) is 24.5. The van der Waals surface area contributed by atoms with Crippen LogP contribution in [0.1, 0.15) is 328 Å². The fourth-order valence-electron chi connectivity index (χ4n) is 9.48. The number of aliphatic hydroxyl groups excluding tert-OH is 2. The van der Waals surface area contributed by atoms with Crippen LogP contribution in [0.25, 0.3) is 0 Å². The Labute approximate surface area is 442 Å². The molecule has 0 heterocycles. The second-order valence-electron chi connectivity index (χ2n) is 21.4. The molecule has 0 rings (SSSR count). The van der Waals surface area contributed by atoms with Crippen molar-refractivity contribution < 1.29 is 24.5 Å². The van der Waals surface area contributed by atoms with Gasteiger partial charge >= 0.3 is 5.97 Å². The maximum Gasteiger partial charge on any atom is 0.305 e. The first-order chi connectivity index (χ1) is 35.0. The summed E-state index contributed by atoms with van der Waals surface area (Å²) >= 11 is 0. The van der Waals surface area contributed by atoms with Crippen molar-refractivity contribution in [2.75, 3.05) is 13.2 Å². The summed E-state index contributed by atoms with van der Waals surface area (Å²) in [5.74, 6) is -0.0679. The molecule has 6 nitrogen and oxygen atoms in total. The molecule has 0 saturated heterocycles. The number of carbonyl (C=O) groups excluding carboxylic acids is 2. The fourth-order valence-corrected chi connectivity index (χ4v) is 9.48. The van der Waals surface area contributed by atoms with Gasteiger partial charge in [-0.1, -0.05) is 274 Å². The highest BCUT2D eigenvalue weighted by atomic mass is 16.5. The van der Waals surface area contributed by atoms with Crippen LogP contribution in [0, 0.1) is 0 Å². The summed E-state index contributed by atoms with van der Waals surface area (Å²) in [6.07, 6.45) is 77.3. The number of amides is 1. The van der Waals surface area contributed by atoms with Gasteiger partial charge in [0.15, 0.2) is 0 Å². The number of hydrogen-bond donors (Lipinski definition) is 3. The van der Waals surface area contributed by atoms with Crippen molar-refractivity contribution >= 4 is 11.9 Å². The molecule has 0 aliphatic rings. The van der Waals surface area contributed by atoms with Gasteiger partial charge in [0.2, 0.25) is 5.91 Å². The highest BCUT2D eigenvalue weighted by Gasteiger charge is 2.18. The number of nitrogens with one attached hydrogen (secondary N) is 1. The standard InChI is InChI=1S/C65H121NO5/c1-3-5-7-9-11-13-15-34-37-41-45-49-53-57-63(68)62(61-67)66-64(69)58-54-50-46-42-38-35-32-30-28-26-24-22-20-18-17-19-21-23-25-27-29-31-33-36-40-44-48-52-56-60-71-65(70)59-55-51-47-43-39-16-14-12-10-8-6-4-2/h12,14,17,19,23,25,53,57,62-63,67-68H,3-11,13,15-16,18,20-22,24,26-52,54-56,58-61H2,1-2H3,(H,66,69)/b14-12-,19-17-,25-23-,57-53+. The lowest BCUT2D eigenvalue weighted by Crippen LogP contribution is -2.45. The molecular formula is C65H121NO5. The zero-order chi connectivity index (χ0) is 51.4. The highest BCUT2D eigenvalue weighted by Crippen LogP contribution is 2.17. The molecule has 0 spiro atoms. The minimum atomic E-state index is -0.845. The van der Waals surface area contributed by atoms with E-state index in [-0.39, 0.29) is 18.5 Å². The Morgan fingerprint density at radius 1 is 0.394 bits per heavy atom. The normalized spacial score (nSPS) is 12.9. The van der Waals surface area contributed by atoms with Gasteiger partial charge in [-0.3, -0.25) is 9.59 Å². The Hall–Kier alpha value is -2.18. The number of unbranched alkanes of at least 4 members (excludes halogenated alkanes) is 41. The molecule has 0 aliphatic carbocycles. The van der Waals surface area contributed by atoms with Crippen LogP contribution in [-0.2, 0) is 14.3 Å². The molecule has 71 heavy (non-hydrogen) atoms. The van der Waals surface area contributed by atoms with Crippen LogP contribution in [-0.4, -0.2) is 47.4 Å². The zero-order valence-corrected chi connectivity index (χ0v) is 47.5. The van der Waals surface area contributed by atoms with Crippen molar-refractivity contribution in [3.63, 3.8) is 0 Å². The molecule has 2 atom stereocenters. The molecule has 0 bridgehead atoms. The topological polar surface area (TPSA) is 95.9 Å². The van der Waals surface area contributed by atoms with E-state index in [2.05, 4.69) is 55.6 Å². The van der Waals surface area contributed by atoms with E-state index >= 15 is 0 Å². The molecular weight excluding hydrogens is 875 g/mol. The average molecular weight is 997 g/mol. The number of rotatable bonds is 58. The van der Waals surface area contributed by atoms with Crippen LogP contribution < -0.4 is 5.32 Å². The Morgan fingerprint density at radius 2 is 0.704 bits per heavy atom. The Bertz CT molecular complexity index is 1190. The van der Waals surface area contributed by atoms with Crippen LogP contribution in [0.5, 0.6) is 0 Å². The fraction of sp³-hybridized carbons (Fsp3) is 0.846. The lowest BCUT2D eigenvalue weighted by Gasteiger charge is -2.20. The largest absolute Gasteiger partial charge is 0.466 e. The van der Waals surface area contributed by atoms with E-state index in [9.17, 15) is 19.8 Å². The zero-order valence-electron chi connectivity index (χ0n) is 47.5. The predicted molar refractivity (Wildman–Crippen MR) is 310 cm³/mol. The van der Waals surface area contributed by atoms with E-state index < -0.39 is 12.1 Å². The van der Waals surface area contributed by atoms with Crippen molar-refractivity contribution in [1.82, 2.24) is 5.32 Å². The molecule has 6 heteroatoms. The van der Waals surface area contributed by atoms with Gasteiger partial charge in [-0.25, -0.2) is 0 Å². The van der Waals surface area contributed by atoms with Gasteiger partial charge in [0, 0.05) is 12.8 Å². The molecule has 0 saturated carbocycles. The number of hydrogen-bond acceptors (Lipinski definition) is 5. The van der Waals surface area contributed by atoms with E-state index in [1.54, 1.807) is 6.08 Å². The third-order valence-corrected chi connectivity index (χ3v) is 14.3. The van der Waals surface area contributed by atoms with Crippen LogP contribution in [0.2, 0.25) is 0 Å². The van der Waals surface area contributed by atoms with Crippen molar-refractivity contribution in [3.8, 4) is 0 Å². The Kier molecular flexibility index (Phi) is 58.5. The molecule has 0 aromatic rings. The molecule has 1 amide bonds. The van der Waals surface area contributed by atoms with Gasteiger partial charge in [0.25, 0.3) is 0 Å². The van der Waals surface area contributed by atoms with Gasteiger partial charge in [-0.05, 0) is 89.9 Å².